The highest BCUT2D eigenvalue weighted by atomic mass is 16.6. The third-order valence-corrected chi connectivity index (χ3v) is 10.3. The van der Waals surface area contributed by atoms with E-state index in [9.17, 15) is 9.90 Å². The van der Waals surface area contributed by atoms with E-state index in [2.05, 4.69) is 38.2 Å². The Kier molecular flexibility index (Phi) is 44.0. The lowest BCUT2D eigenvalue weighted by Gasteiger charge is -2.16. The SMILES string of the molecule is CCCCCC/C=C\C/C=C\CCCCCCCCCCOCC(CO)OC(=O)CCCCCCCCCCCCCCCCCCCCCC. The van der Waals surface area contributed by atoms with Gasteiger partial charge in [0.2, 0.25) is 0 Å². The summed E-state index contributed by atoms with van der Waals surface area (Å²) in [4.78, 5) is 12.2. The molecule has 0 amide bonds. The second kappa shape index (κ2) is 45.0. The molecule has 0 saturated carbocycles. The summed E-state index contributed by atoms with van der Waals surface area (Å²) in [5.74, 6) is -0.197. The Hall–Kier alpha value is -1.13. The highest BCUT2D eigenvalue weighted by Crippen LogP contribution is 2.16. The molecule has 4 heteroatoms. The summed E-state index contributed by atoms with van der Waals surface area (Å²) < 4.78 is 11.2. The van der Waals surface area contributed by atoms with E-state index < -0.39 is 6.10 Å². The van der Waals surface area contributed by atoms with Gasteiger partial charge in [-0.05, 0) is 44.9 Å². The lowest BCUT2D eigenvalue weighted by molar-refractivity contribution is -0.154. The Bertz CT molecular complexity index is 717. The zero-order chi connectivity index (χ0) is 37.0. The standard InChI is InChI=1S/C47H90O4/c1-3-5-7-9-11-13-15-17-19-21-23-24-26-28-30-32-34-36-38-40-42-47(49)51-46(44-48)45-50-43-41-39-37-35-33-31-29-27-25-22-20-18-16-14-12-10-8-6-4-2/h14,16,20,22,46,48H,3-13,15,17-19,21,23-45H2,1-2H3/b16-14-,22-20-. The zero-order valence-electron chi connectivity index (χ0n) is 34.6. The second-order valence-electron chi connectivity index (χ2n) is 15.5. The van der Waals surface area contributed by atoms with E-state index in [1.165, 1.54) is 199 Å². The van der Waals surface area contributed by atoms with Crippen LogP contribution in [0.3, 0.4) is 0 Å². The molecule has 0 radical (unpaired) electrons. The van der Waals surface area contributed by atoms with Gasteiger partial charge in [-0.25, -0.2) is 0 Å². The first kappa shape index (κ1) is 49.9. The average molecular weight is 719 g/mol. The molecule has 0 aromatic carbocycles. The van der Waals surface area contributed by atoms with Crippen LogP contribution in [0.15, 0.2) is 24.3 Å². The third-order valence-electron chi connectivity index (χ3n) is 10.3. The first-order valence-electron chi connectivity index (χ1n) is 22.9. The number of aliphatic hydroxyl groups is 1. The van der Waals surface area contributed by atoms with Gasteiger partial charge < -0.3 is 14.6 Å². The van der Waals surface area contributed by atoms with Crippen molar-refractivity contribution in [1.29, 1.82) is 0 Å². The molecule has 4 nitrogen and oxygen atoms in total. The summed E-state index contributed by atoms with van der Waals surface area (Å²) >= 11 is 0. The Labute approximate surface area is 319 Å². The van der Waals surface area contributed by atoms with Crippen LogP contribution in [-0.2, 0) is 14.3 Å². The molecule has 1 N–H and O–H groups in total. The first-order chi connectivity index (χ1) is 25.2. The predicted octanol–water partition coefficient (Wildman–Crippen LogP) is 15.1. The first-order valence-corrected chi connectivity index (χ1v) is 22.9. The monoisotopic (exact) mass is 719 g/mol. The highest BCUT2D eigenvalue weighted by molar-refractivity contribution is 5.69. The molecule has 0 rings (SSSR count). The second-order valence-corrected chi connectivity index (χ2v) is 15.5. The fraction of sp³-hybridized carbons (Fsp3) is 0.894. The van der Waals surface area contributed by atoms with Gasteiger partial charge in [0.1, 0.15) is 6.10 Å². The van der Waals surface area contributed by atoms with E-state index in [-0.39, 0.29) is 12.6 Å². The number of hydrogen-bond donors (Lipinski definition) is 1. The lowest BCUT2D eigenvalue weighted by Crippen LogP contribution is -2.27. The van der Waals surface area contributed by atoms with Crippen molar-refractivity contribution >= 4 is 5.97 Å². The number of hydrogen-bond acceptors (Lipinski definition) is 4. The van der Waals surface area contributed by atoms with Gasteiger partial charge in [0, 0.05) is 13.0 Å². The largest absolute Gasteiger partial charge is 0.457 e. The molecule has 0 aliphatic carbocycles. The number of aliphatic hydroxyl groups excluding tert-OH is 1. The fourth-order valence-electron chi connectivity index (χ4n) is 6.83. The van der Waals surface area contributed by atoms with Crippen LogP contribution in [0.4, 0.5) is 0 Å². The van der Waals surface area contributed by atoms with Gasteiger partial charge in [-0.2, -0.15) is 0 Å². The summed E-state index contributed by atoms with van der Waals surface area (Å²) in [6, 6.07) is 0. The molecule has 0 bridgehead atoms. The van der Waals surface area contributed by atoms with Gasteiger partial charge in [0.15, 0.2) is 0 Å². The summed E-state index contributed by atoms with van der Waals surface area (Å²) in [6.07, 6.45) is 55.3. The van der Waals surface area contributed by atoms with Crippen molar-refractivity contribution < 1.29 is 19.4 Å². The van der Waals surface area contributed by atoms with Crippen molar-refractivity contribution in [3.05, 3.63) is 24.3 Å². The number of unbranched alkanes of at least 4 members (excludes halogenated alkanes) is 31. The molecular formula is C47H90O4. The van der Waals surface area contributed by atoms with Crippen molar-refractivity contribution in [3.8, 4) is 0 Å². The molecule has 0 aromatic heterocycles. The maximum absolute atomic E-state index is 12.2. The molecule has 0 aromatic rings. The third kappa shape index (κ3) is 43.2. The highest BCUT2D eigenvalue weighted by Gasteiger charge is 2.13. The maximum atomic E-state index is 12.2. The summed E-state index contributed by atoms with van der Waals surface area (Å²) in [6.45, 7) is 5.36. The van der Waals surface area contributed by atoms with E-state index in [4.69, 9.17) is 9.47 Å². The fourth-order valence-corrected chi connectivity index (χ4v) is 6.83. The van der Waals surface area contributed by atoms with E-state index >= 15 is 0 Å². The quantitative estimate of drug-likeness (QED) is 0.0387. The molecule has 0 saturated heterocycles. The minimum atomic E-state index is -0.533. The minimum absolute atomic E-state index is 0.170. The van der Waals surface area contributed by atoms with Crippen LogP contribution in [0.25, 0.3) is 0 Å². The van der Waals surface area contributed by atoms with Gasteiger partial charge in [0.05, 0.1) is 13.2 Å². The van der Waals surface area contributed by atoms with E-state index in [1.807, 2.05) is 0 Å². The van der Waals surface area contributed by atoms with Crippen LogP contribution in [0.1, 0.15) is 245 Å². The molecule has 51 heavy (non-hydrogen) atoms. The number of esters is 1. The molecule has 302 valence electrons. The molecule has 1 unspecified atom stereocenters. The van der Waals surface area contributed by atoms with Crippen molar-refractivity contribution in [1.82, 2.24) is 0 Å². The molecule has 0 fully saturated rings. The average Bonchev–Trinajstić information content (AvgIpc) is 3.14. The summed E-state index contributed by atoms with van der Waals surface area (Å²) in [5.41, 5.74) is 0. The minimum Gasteiger partial charge on any atom is -0.457 e. The van der Waals surface area contributed by atoms with E-state index in [1.54, 1.807) is 0 Å². The Balaban J connectivity index is 3.39. The van der Waals surface area contributed by atoms with Gasteiger partial charge in [-0.3, -0.25) is 4.79 Å². The van der Waals surface area contributed by atoms with Crippen molar-refractivity contribution in [2.45, 2.75) is 251 Å². The van der Waals surface area contributed by atoms with Crippen LogP contribution in [0, 0.1) is 0 Å². The molecule has 0 aliphatic rings. The summed E-state index contributed by atoms with van der Waals surface area (Å²) in [5, 5.41) is 9.62. The summed E-state index contributed by atoms with van der Waals surface area (Å²) in [7, 11) is 0. The smallest absolute Gasteiger partial charge is 0.306 e. The molecule has 0 aliphatic heterocycles. The van der Waals surface area contributed by atoms with E-state index in [0.717, 1.165) is 25.7 Å². The Morgan fingerprint density at radius 3 is 1.24 bits per heavy atom. The van der Waals surface area contributed by atoms with Gasteiger partial charge in [-0.15, -0.1) is 0 Å². The maximum Gasteiger partial charge on any atom is 0.306 e. The number of carbonyl (C=O) groups excluding carboxylic acids is 1. The van der Waals surface area contributed by atoms with Crippen molar-refractivity contribution in [2.75, 3.05) is 19.8 Å². The number of carbonyl (C=O) groups is 1. The van der Waals surface area contributed by atoms with Crippen LogP contribution in [-0.4, -0.2) is 37.0 Å². The van der Waals surface area contributed by atoms with Gasteiger partial charge in [-0.1, -0.05) is 218 Å². The van der Waals surface area contributed by atoms with Crippen LogP contribution in [0.5, 0.6) is 0 Å². The topological polar surface area (TPSA) is 55.8 Å². The zero-order valence-corrected chi connectivity index (χ0v) is 34.6. The molecule has 0 spiro atoms. The van der Waals surface area contributed by atoms with Gasteiger partial charge >= 0.3 is 5.97 Å². The number of ether oxygens (including phenoxy) is 2. The van der Waals surface area contributed by atoms with Crippen molar-refractivity contribution in [2.24, 2.45) is 0 Å². The predicted molar refractivity (Wildman–Crippen MR) is 224 cm³/mol. The van der Waals surface area contributed by atoms with Crippen LogP contribution < -0.4 is 0 Å². The molecule has 1 atom stereocenters. The number of rotatable bonds is 43. The molecule has 0 heterocycles. The number of allylic oxidation sites excluding steroid dienone is 4. The Morgan fingerprint density at radius 2 is 0.824 bits per heavy atom. The van der Waals surface area contributed by atoms with Gasteiger partial charge in [0.25, 0.3) is 0 Å². The Morgan fingerprint density at radius 1 is 0.471 bits per heavy atom. The van der Waals surface area contributed by atoms with Crippen LogP contribution in [0.2, 0.25) is 0 Å². The molecular weight excluding hydrogens is 629 g/mol. The van der Waals surface area contributed by atoms with Crippen LogP contribution >= 0.6 is 0 Å². The normalized spacial score (nSPS) is 12.5. The van der Waals surface area contributed by atoms with E-state index in [0.29, 0.717) is 19.6 Å². The lowest BCUT2D eigenvalue weighted by atomic mass is 10.0. The van der Waals surface area contributed by atoms with Crippen molar-refractivity contribution in [3.63, 3.8) is 0 Å².